The number of carboxylic acid groups (broad SMARTS) is 1. The highest BCUT2D eigenvalue weighted by Gasteiger charge is 2.40. The summed E-state index contributed by atoms with van der Waals surface area (Å²) >= 11 is 0. The number of pyridine rings is 1. The average molecular weight is 329 g/mol. The van der Waals surface area contributed by atoms with Crippen molar-refractivity contribution in [3.05, 3.63) is 59.3 Å². The SMILES string of the molecule is N#Cc1ccc(N2CC(C(=O)O)C(c3ccc(F)cc3F)C2)nc1. The van der Waals surface area contributed by atoms with Crippen LogP contribution in [0.4, 0.5) is 14.6 Å². The number of rotatable bonds is 3. The summed E-state index contributed by atoms with van der Waals surface area (Å²) in [7, 11) is 0. The van der Waals surface area contributed by atoms with Gasteiger partial charge in [-0.2, -0.15) is 5.26 Å². The van der Waals surface area contributed by atoms with Crippen LogP contribution >= 0.6 is 0 Å². The summed E-state index contributed by atoms with van der Waals surface area (Å²) in [6.45, 7) is 0.411. The fraction of sp³-hybridized carbons (Fsp3) is 0.235. The minimum absolute atomic E-state index is 0.162. The smallest absolute Gasteiger partial charge is 0.308 e. The van der Waals surface area contributed by atoms with Crippen LogP contribution in [0.3, 0.4) is 0 Å². The second-order valence-corrected chi connectivity index (χ2v) is 5.64. The normalized spacial score (nSPS) is 20.0. The van der Waals surface area contributed by atoms with Crippen molar-refractivity contribution in [3.63, 3.8) is 0 Å². The largest absolute Gasteiger partial charge is 0.481 e. The van der Waals surface area contributed by atoms with E-state index in [-0.39, 0.29) is 18.7 Å². The van der Waals surface area contributed by atoms with Gasteiger partial charge in [0.15, 0.2) is 0 Å². The number of carbonyl (C=O) groups is 1. The number of nitrogens with zero attached hydrogens (tertiary/aromatic N) is 3. The van der Waals surface area contributed by atoms with E-state index in [0.717, 1.165) is 12.1 Å². The van der Waals surface area contributed by atoms with Gasteiger partial charge in [0, 0.05) is 31.3 Å². The fourth-order valence-electron chi connectivity index (χ4n) is 3.00. The number of nitriles is 1. The predicted octanol–water partition coefficient (Wildman–Crippen LogP) is 2.54. The van der Waals surface area contributed by atoms with E-state index in [4.69, 9.17) is 5.26 Å². The lowest BCUT2D eigenvalue weighted by Gasteiger charge is -2.17. The van der Waals surface area contributed by atoms with Crippen molar-refractivity contribution in [2.24, 2.45) is 5.92 Å². The quantitative estimate of drug-likeness (QED) is 0.936. The highest BCUT2D eigenvalue weighted by molar-refractivity contribution is 5.74. The Morgan fingerprint density at radius 2 is 2.08 bits per heavy atom. The molecule has 1 aromatic heterocycles. The average Bonchev–Trinajstić information content (AvgIpc) is 3.00. The molecule has 1 N–H and O–H groups in total. The third kappa shape index (κ3) is 2.91. The van der Waals surface area contributed by atoms with Gasteiger partial charge in [-0.1, -0.05) is 6.07 Å². The van der Waals surface area contributed by atoms with Crippen LogP contribution in [0.1, 0.15) is 17.0 Å². The molecular weight excluding hydrogens is 316 g/mol. The monoisotopic (exact) mass is 329 g/mol. The molecule has 0 bridgehead atoms. The van der Waals surface area contributed by atoms with E-state index in [1.165, 1.54) is 12.3 Å². The lowest BCUT2D eigenvalue weighted by molar-refractivity contribution is -0.141. The van der Waals surface area contributed by atoms with Gasteiger partial charge in [-0.3, -0.25) is 4.79 Å². The Hall–Kier alpha value is -3.01. The van der Waals surface area contributed by atoms with Crippen LogP contribution in [0.25, 0.3) is 0 Å². The fourth-order valence-corrected chi connectivity index (χ4v) is 3.00. The van der Waals surface area contributed by atoms with Crippen molar-refractivity contribution in [1.82, 2.24) is 4.98 Å². The van der Waals surface area contributed by atoms with Crippen molar-refractivity contribution in [3.8, 4) is 6.07 Å². The number of carboxylic acids is 1. The van der Waals surface area contributed by atoms with Gasteiger partial charge in [-0.25, -0.2) is 13.8 Å². The van der Waals surface area contributed by atoms with E-state index in [2.05, 4.69) is 4.98 Å². The van der Waals surface area contributed by atoms with Gasteiger partial charge in [0.1, 0.15) is 23.5 Å². The van der Waals surface area contributed by atoms with Crippen molar-refractivity contribution < 1.29 is 18.7 Å². The molecule has 7 heteroatoms. The molecule has 0 radical (unpaired) electrons. The molecular formula is C17H13F2N3O2. The first kappa shape index (κ1) is 15.9. The third-order valence-corrected chi connectivity index (χ3v) is 4.20. The summed E-state index contributed by atoms with van der Waals surface area (Å²) in [5, 5.41) is 18.2. The summed E-state index contributed by atoms with van der Waals surface area (Å²) < 4.78 is 27.2. The van der Waals surface area contributed by atoms with Crippen molar-refractivity contribution in [2.45, 2.75) is 5.92 Å². The molecule has 2 atom stereocenters. The number of hydrogen-bond donors (Lipinski definition) is 1. The van der Waals surface area contributed by atoms with Gasteiger partial charge in [0.25, 0.3) is 0 Å². The Bertz CT molecular complexity index is 818. The van der Waals surface area contributed by atoms with Crippen LogP contribution in [0.5, 0.6) is 0 Å². The van der Waals surface area contributed by atoms with Gasteiger partial charge >= 0.3 is 5.97 Å². The topological polar surface area (TPSA) is 77.2 Å². The summed E-state index contributed by atoms with van der Waals surface area (Å²) in [6, 6.07) is 8.35. The van der Waals surface area contributed by atoms with Crippen molar-refractivity contribution in [2.75, 3.05) is 18.0 Å². The molecule has 1 fully saturated rings. The number of hydrogen-bond acceptors (Lipinski definition) is 4. The lowest BCUT2D eigenvalue weighted by atomic mass is 9.88. The Balaban J connectivity index is 1.91. The van der Waals surface area contributed by atoms with E-state index < -0.39 is 29.4 Å². The number of anilines is 1. The third-order valence-electron chi connectivity index (χ3n) is 4.20. The molecule has 2 unspecified atom stereocenters. The molecule has 2 heterocycles. The van der Waals surface area contributed by atoms with Crippen LogP contribution < -0.4 is 4.90 Å². The zero-order valence-electron chi connectivity index (χ0n) is 12.5. The molecule has 122 valence electrons. The molecule has 1 saturated heterocycles. The van der Waals surface area contributed by atoms with E-state index >= 15 is 0 Å². The molecule has 1 aromatic carbocycles. The maximum absolute atomic E-state index is 14.1. The number of aliphatic carboxylic acids is 1. The summed E-state index contributed by atoms with van der Waals surface area (Å²) in [5.41, 5.74) is 0.578. The van der Waals surface area contributed by atoms with Crippen LogP contribution in [0, 0.1) is 28.9 Å². The van der Waals surface area contributed by atoms with Crippen molar-refractivity contribution >= 4 is 11.8 Å². The first-order chi connectivity index (χ1) is 11.5. The van der Waals surface area contributed by atoms with Gasteiger partial charge in [0.05, 0.1) is 11.5 Å². The Morgan fingerprint density at radius 1 is 1.29 bits per heavy atom. The van der Waals surface area contributed by atoms with Gasteiger partial charge in [-0.05, 0) is 23.8 Å². The minimum Gasteiger partial charge on any atom is -0.481 e. The highest BCUT2D eigenvalue weighted by Crippen LogP contribution is 2.36. The maximum Gasteiger partial charge on any atom is 0.308 e. The molecule has 1 aliphatic rings. The number of benzene rings is 1. The van der Waals surface area contributed by atoms with E-state index in [1.54, 1.807) is 17.0 Å². The second kappa shape index (κ2) is 6.24. The van der Waals surface area contributed by atoms with E-state index in [9.17, 15) is 18.7 Å². The van der Waals surface area contributed by atoms with E-state index in [1.807, 2.05) is 6.07 Å². The van der Waals surface area contributed by atoms with Gasteiger partial charge in [-0.15, -0.1) is 0 Å². The molecule has 0 amide bonds. The Kier molecular flexibility index (Phi) is 4.13. The van der Waals surface area contributed by atoms with Crippen LogP contribution in [0.15, 0.2) is 36.5 Å². The van der Waals surface area contributed by atoms with Gasteiger partial charge < -0.3 is 10.0 Å². The molecule has 2 aromatic rings. The number of halogens is 2. The molecule has 5 nitrogen and oxygen atoms in total. The lowest BCUT2D eigenvalue weighted by Crippen LogP contribution is -2.23. The second-order valence-electron chi connectivity index (χ2n) is 5.64. The molecule has 1 aliphatic heterocycles. The van der Waals surface area contributed by atoms with Crippen LogP contribution in [0.2, 0.25) is 0 Å². The molecule has 3 rings (SSSR count). The van der Waals surface area contributed by atoms with Crippen LogP contribution in [-0.2, 0) is 4.79 Å². The zero-order valence-corrected chi connectivity index (χ0v) is 12.5. The first-order valence-electron chi connectivity index (χ1n) is 7.28. The number of aromatic nitrogens is 1. The standard InChI is InChI=1S/C17H13F2N3O2/c18-11-2-3-12(15(19)5-11)13-8-22(9-14(13)17(23)24)16-4-1-10(6-20)7-21-16/h1-5,7,13-14H,8-9H2,(H,23,24). The van der Waals surface area contributed by atoms with Crippen molar-refractivity contribution in [1.29, 1.82) is 5.26 Å². The van der Waals surface area contributed by atoms with Crippen LogP contribution in [-0.4, -0.2) is 29.1 Å². The zero-order chi connectivity index (χ0) is 17.3. The highest BCUT2D eigenvalue weighted by atomic mass is 19.1. The summed E-state index contributed by atoms with van der Waals surface area (Å²) in [6.07, 6.45) is 1.40. The van der Waals surface area contributed by atoms with E-state index in [0.29, 0.717) is 11.4 Å². The Labute approximate surface area is 136 Å². The maximum atomic E-state index is 14.1. The molecule has 0 spiro atoms. The molecule has 0 saturated carbocycles. The predicted molar refractivity (Wildman–Crippen MR) is 81.4 cm³/mol. The first-order valence-corrected chi connectivity index (χ1v) is 7.28. The Morgan fingerprint density at radius 3 is 2.67 bits per heavy atom. The molecule has 24 heavy (non-hydrogen) atoms. The summed E-state index contributed by atoms with van der Waals surface area (Å²) in [4.78, 5) is 17.4. The van der Waals surface area contributed by atoms with Gasteiger partial charge in [0.2, 0.25) is 0 Å². The minimum atomic E-state index is -1.04. The molecule has 0 aliphatic carbocycles. The summed E-state index contributed by atoms with van der Waals surface area (Å²) in [5.74, 6) is -3.42.